The molecule has 0 saturated carbocycles. The monoisotopic (exact) mass is 562 g/mol. The first-order chi connectivity index (χ1) is 18.2. The van der Waals surface area contributed by atoms with E-state index in [1.165, 1.54) is 12.1 Å². The summed E-state index contributed by atoms with van der Waals surface area (Å²) < 4.78 is 80.3. The minimum atomic E-state index is -4.67. The fraction of sp³-hybridized carbons (Fsp3) is 0.304. The number of aliphatic hydroxyl groups is 2. The van der Waals surface area contributed by atoms with Crippen molar-refractivity contribution in [2.75, 3.05) is 23.8 Å². The summed E-state index contributed by atoms with van der Waals surface area (Å²) in [5.74, 6) is 0. The Morgan fingerprint density at radius 3 is 1.62 bits per heavy atom. The number of nitrogens with zero attached hydrogens (tertiary/aromatic N) is 2. The number of carbonyl (C=O) groups is 1. The van der Waals surface area contributed by atoms with Gasteiger partial charge in [-0.15, -0.1) is 0 Å². The standard InChI is InChI=1S/C11H9F3N2O3.C11H11F3N2O.CO2/c1-15-9-3-2-7(4-8(9)11(12,13)14)16-10(5-17)19-6-18;1-7(6-17)16-8-3-4-10(15-2)9(5-8)11(12,13)14;2-1-3/h2-4,6,10,16-17H,5H2;3-5,7,16-17H,6H2,1H3;/t10-;7-;/m00./s1. The van der Waals surface area contributed by atoms with E-state index < -0.39 is 47.7 Å². The molecular formula is C23H20F6N4O6. The number of carbonyl (C=O) groups excluding carboxylic acids is 3. The van der Waals surface area contributed by atoms with E-state index >= 15 is 0 Å². The van der Waals surface area contributed by atoms with Gasteiger partial charge >= 0.3 is 18.5 Å². The summed E-state index contributed by atoms with van der Waals surface area (Å²) in [5, 5.41) is 22.7. The van der Waals surface area contributed by atoms with E-state index in [0.717, 1.165) is 18.2 Å². The zero-order chi connectivity index (χ0) is 30.2. The van der Waals surface area contributed by atoms with Crippen LogP contribution in [0.5, 0.6) is 0 Å². The Kier molecular flexibility index (Phi) is 14.3. The second kappa shape index (κ2) is 16.3. The van der Waals surface area contributed by atoms with Gasteiger partial charge in [0, 0.05) is 17.4 Å². The molecule has 0 aromatic heterocycles. The number of rotatable bonds is 8. The maximum absolute atomic E-state index is 12.7. The maximum atomic E-state index is 12.7. The van der Waals surface area contributed by atoms with E-state index in [1.54, 1.807) is 6.92 Å². The molecule has 0 aliphatic rings. The third-order valence-electron chi connectivity index (χ3n) is 4.25. The summed E-state index contributed by atoms with van der Waals surface area (Å²) >= 11 is 0. The second-order valence-electron chi connectivity index (χ2n) is 7.04. The average molecular weight is 562 g/mol. The summed E-state index contributed by atoms with van der Waals surface area (Å²) in [7, 11) is 0. The van der Waals surface area contributed by atoms with Gasteiger partial charge in [0.15, 0.2) is 17.6 Å². The molecular weight excluding hydrogens is 542 g/mol. The first kappa shape index (κ1) is 34.4. The van der Waals surface area contributed by atoms with Crippen LogP contribution in [0, 0.1) is 13.1 Å². The van der Waals surface area contributed by atoms with Gasteiger partial charge in [-0.1, -0.05) is 12.1 Å². The predicted molar refractivity (Wildman–Crippen MR) is 122 cm³/mol. The Labute approximate surface area is 217 Å². The third-order valence-corrected chi connectivity index (χ3v) is 4.25. The predicted octanol–water partition coefficient (Wildman–Crippen LogP) is 4.62. The van der Waals surface area contributed by atoms with Crippen LogP contribution in [0.15, 0.2) is 36.4 Å². The van der Waals surface area contributed by atoms with Crippen molar-refractivity contribution in [1.29, 1.82) is 0 Å². The number of alkyl halides is 6. The highest BCUT2D eigenvalue weighted by Gasteiger charge is 2.34. The summed E-state index contributed by atoms with van der Waals surface area (Å²) in [6.45, 7) is 14.3. The maximum Gasteiger partial charge on any atom is 0.407 e. The number of anilines is 2. The highest BCUT2D eigenvalue weighted by molar-refractivity contribution is 5.62. The van der Waals surface area contributed by atoms with Crippen LogP contribution in [0.2, 0.25) is 0 Å². The zero-order valence-electron chi connectivity index (χ0n) is 19.8. The quantitative estimate of drug-likeness (QED) is 0.159. The fourth-order valence-corrected chi connectivity index (χ4v) is 2.61. The highest BCUT2D eigenvalue weighted by atomic mass is 19.4. The molecule has 0 spiro atoms. The van der Waals surface area contributed by atoms with Gasteiger partial charge < -0.3 is 25.6 Å². The number of ether oxygens (including phenoxy) is 1. The van der Waals surface area contributed by atoms with Gasteiger partial charge in [-0.3, -0.25) is 4.79 Å². The van der Waals surface area contributed by atoms with Crippen LogP contribution >= 0.6 is 0 Å². The van der Waals surface area contributed by atoms with Crippen molar-refractivity contribution in [1.82, 2.24) is 0 Å². The highest BCUT2D eigenvalue weighted by Crippen LogP contribution is 2.39. The molecule has 16 heteroatoms. The Bertz CT molecular complexity index is 1200. The van der Waals surface area contributed by atoms with Crippen LogP contribution in [0.4, 0.5) is 49.1 Å². The number of benzene rings is 2. The van der Waals surface area contributed by atoms with Gasteiger partial charge in [-0.05, 0) is 31.2 Å². The van der Waals surface area contributed by atoms with E-state index in [-0.39, 0.29) is 36.6 Å². The number of halogens is 6. The van der Waals surface area contributed by atoms with Gasteiger partial charge in [-0.2, -0.15) is 35.9 Å². The Morgan fingerprint density at radius 1 is 0.897 bits per heavy atom. The van der Waals surface area contributed by atoms with Gasteiger partial charge in [0.2, 0.25) is 0 Å². The lowest BCUT2D eigenvalue weighted by molar-refractivity contribution is -0.191. The summed E-state index contributed by atoms with van der Waals surface area (Å²) in [5.41, 5.74) is -2.83. The molecule has 0 bridgehead atoms. The molecule has 0 aliphatic heterocycles. The van der Waals surface area contributed by atoms with Gasteiger partial charge in [0.05, 0.1) is 37.5 Å². The van der Waals surface area contributed by atoms with Crippen LogP contribution in [0.3, 0.4) is 0 Å². The molecule has 210 valence electrons. The normalized spacial score (nSPS) is 11.9. The molecule has 39 heavy (non-hydrogen) atoms. The van der Waals surface area contributed by atoms with Crippen molar-refractivity contribution < 1.29 is 55.7 Å². The van der Waals surface area contributed by atoms with Gasteiger partial charge in [0.25, 0.3) is 6.47 Å². The molecule has 2 rings (SSSR count). The SMILES string of the molecule is O=C=O.[C-]#[N+]c1ccc(N[C@@H](C)CO)cc1C(F)(F)F.[C-]#[N+]c1ccc(N[C@H](CO)OC=O)cc1C(F)(F)F. The number of aliphatic hydroxyl groups excluding tert-OH is 2. The minimum Gasteiger partial charge on any atom is -0.441 e. The molecule has 0 radical (unpaired) electrons. The lowest BCUT2D eigenvalue weighted by Gasteiger charge is -2.17. The van der Waals surface area contributed by atoms with Crippen molar-refractivity contribution in [2.45, 2.75) is 31.5 Å². The Hall–Kier alpha value is -4.63. The lowest BCUT2D eigenvalue weighted by Crippen LogP contribution is -2.26. The fourth-order valence-electron chi connectivity index (χ4n) is 2.61. The average Bonchev–Trinajstić information content (AvgIpc) is 2.88. The van der Waals surface area contributed by atoms with Crippen molar-refractivity contribution in [2.24, 2.45) is 0 Å². The van der Waals surface area contributed by atoms with E-state index in [9.17, 15) is 31.1 Å². The molecule has 0 aliphatic carbocycles. The molecule has 4 N–H and O–H groups in total. The van der Waals surface area contributed by atoms with E-state index in [1.807, 2.05) is 0 Å². The smallest absolute Gasteiger partial charge is 0.407 e. The topological polar surface area (TPSA) is 134 Å². The Balaban J connectivity index is 0.000000676. The molecule has 0 saturated heterocycles. The van der Waals surface area contributed by atoms with Crippen molar-refractivity contribution in [3.05, 3.63) is 70.4 Å². The lowest BCUT2D eigenvalue weighted by atomic mass is 10.1. The molecule has 2 aromatic carbocycles. The van der Waals surface area contributed by atoms with E-state index in [0.29, 0.717) is 6.07 Å². The third kappa shape index (κ3) is 12.0. The van der Waals surface area contributed by atoms with Crippen LogP contribution < -0.4 is 10.6 Å². The van der Waals surface area contributed by atoms with Crippen molar-refractivity contribution in [3.63, 3.8) is 0 Å². The minimum absolute atomic E-state index is 0.0272. The first-order valence-corrected chi connectivity index (χ1v) is 10.2. The molecule has 0 unspecified atom stereocenters. The molecule has 0 fully saturated rings. The number of hydrogen-bond donors (Lipinski definition) is 4. The Morgan fingerprint density at radius 2 is 1.31 bits per heavy atom. The van der Waals surface area contributed by atoms with Crippen LogP contribution in [-0.2, 0) is 31.5 Å². The molecule has 0 heterocycles. The van der Waals surface area contributed by atoms with E-state index in [2.05, 4.69) is 25.1 Å². The van der Waals surface area contributed by atoms with Crippen molar-refractivity contribution in [3.8, 4) is 0 Å². The molecule has 10 nitrogen and oxygen atoms in total. The van der Waals surface area contributed by atoms with E-state index in [4.69, 9.17) is 32.9 Å². The number of nitrogens with one attached hydrogen (secondary N) is 2. The van der Waals surface area contributed by atoms with Crippen LogP contribution in [0.1, 0.15) is 18.1 Å². The molecule has 2 aromatic rings. The zero-order valence-corrected chi connectivity index (χ0v) is 19.8. The van der Waals surface area contributed by atoms with Crippen LogP contribution in [0.25, 0.3) is 9.69 Å². The summed E-state index contributed by atoms with van der Waals surface area (Å²) in [4.78, 5) is 32.0. The number of hydrogen-bond acceptors (Lipinski definition) is 8. The van der Waals surface area contributed by atoms with Gasteiger partial charge in [0.1, 0.15) is 0 Å². The van der Waals surface area contributed by atoms with Crippen LogP contribution in [-0.4, -0.2) is 48.3 Å². The molecule has 2 atom stereocenters. The van der Waals surface area contributed by atoms with Crippen molar-refractivity contribution >= 4 is 35.4 Å². The first-order valence-electron chi connectivity index (χ1n) is 10.2. The summed E-state index contributed by atoms with van der Waals surface area (Å²) in [6, 6.07) is 5.95. The summed E-state index contributed by atoms with van der Waals surface area (Å²) in [6.07, 6.45) is -10.1. The largest absolute Gasteiger partial charge is 0.441 e. The van der Waals surface area contributed by atoms with Gasteiger partial charge in [-0.25, -0.2) is 9.69 Å². The second-order valence-corrected chi connectivity index (χ2v) is 7.04. The molecule has 0 amide bonds.